The number of aliphatic carboxylic acids is 3. The molecule has 12 rings (SSSR count). The molecule has 0 saturated carbocycles. The van der Waals surface area contributed by atoms with Crippen molar-refractivity contribution in [3.05, 3.63) is 287 Å². The lowest BCUT2D eigenvalue weighted by Gasteiger charge is -2.36. The minimum Gasteiger partial charge on any atom is -0.480 e. The first kappa shape index (κ1) is 83.2. The van der Waals surface area contributed by atoms with Gasteiger partial charge in [-0.3, -0.25) is 4.79 Å². The molecule has 0 unspecified atom stereocenters. The van der Waals surface area contributed by atoms with Crippen molar-refractivity contribution >= 4 is 78.3 Å². The summed E-state index contributed by atoms with van der Waals surface area (Å²) in [4.78, 5) is 84.6. The molecule has 3 amide bonds. The van der Waals surface area contributed by atoms with Crippen LogP contribution in [0.15, 0.2) is 237 Å². The molecule has 0 bridgehead atoms. The Morgan fingerprint density at radius 2 is 0.649 bits per heavy atom. The molecular weight excluding hydrogens is 1460 g/mol. The van der Waals surface area contributed by atoms with E-state index in [1.54, 1.807) is 0 Å². The van der Waals surface area contributed by atoms with Gasteiger partial charge in [-0.15, -0.1) is 11.8 Å². The van der Waals surface area contributed by atoms with Crippen LogP contribution in [0.3, 0.4) is 0 Å². The third-order valence-electron chi connectivity index (χ3n) is 20.3. The lowest BCUT2D eigenvalue weighted by Crippen LogP contribution is -2.44. The summed E-state index contributed by atoms with van der Waals surface area (Å²) in [5.41, 5.74) is 16.4. The topological polar surface area (TPSA) is 253 Å². The quantitative estimate of drug-likeness (QED) is 0.00624. The Labute approximate surface area is 664 Å². The third kappa shape index (κ3) is 22.9. The molecule has 3 aliphatic carbocycles. The van der Waals surface area contributed by atoms with Gasteiger partial charge in [-0.1, -0.05) is 321 Å². The number of ether oxygens (including phenoxy) is 4. The van der Waals surface area contributed by atoms with Gasteiger partial charge in [0.2, 0.25) is 0 Å². The molecule has 9 aromatic rings. The van der Waals surface area contributed by atoms with Crippen LogP contribution in [-0.2, 0) is 42.9 Å². The smallest absolute Gasteiger partial charge is 0.407 e. The zero-order valence-electron chi connectivity index (χ0n) is 62.6. The number of alkyl carbamates (subject to hydrolysis) is 3. The van der Waals surface area contributed by atoms with E-state index in [1.807, 2.05) is 164 Å². The Balaban J connectivity index is 0.000000185. The molecule has 6 N–H and O–H groups in total. The van der Waals surface area contributed by atoms with Gasteiger partial charge in [0, 0.05) is 47.2 Å². The first-order valence-corrected chi connectivity index (χ1v) is 41.2. The zero-order valence-corrected chi connectivity index (χ0v) is 65.2. The fourth-order valence-corrected chi connectivity index (χ4v) is 17.3. The standard InChI is InChI=1S/C37H31NO4S.C36H51NO6S.C18H17NO4S/c39-35(40)34(38-36(41)42-24-33-31-22-12-10-20-29(31)30-21-11-13-23-32(30)33)25-43-37(26-14-4-1-5-15-26,27-16-6-2-7-17-27)28-18-8-3-9-19-28;1-2-3-4-5-6-7-8-9-10-11-12-13-14-23-34(38)42-24-25-44-27-33(35(39)40)37-36(41)43-26-32-30-21-17-15-19-28(30)29-20-16-18-22-31(29)32;20-17(21)16(10-24)19-18(22)23-9-15-13-7-3-1-5-11(13)12-6-2-4-8-14(12)15/h1-23,33-34H,24-25H2,(H,38,41)(H,39,40);15-22,32-33H,2-14,23-27H2,1H3,(H,37,41)(H,39,40);1-8,15-16,24H,9-10H2,(H,19,22)(H,20,21)/t34-;33-;16-/m000/s1. The summed E-state index contributed by atoms with van der Waals surface area (Å²) in [6.45, 7) is 2.86. The van der Waals surface area contributed by atoms with E-state index >= 15 is 0 Å². The third-order valence-corrected chi connectivity index (χ3v) is 23.3. The van der Waals surface area contributed by atoms with Crippen molar-refractivity contribution in [1.29, 1.82) is 0 Å². The number of unbranched alkanes of at least 4 members (excludes halogenated alkanes) is 12. The number of nitrogens with one attached hydrogen (secondary N) is 3. The van der Waals surface area contributed by atoms with Crippen molar-refractivity contribution in [1.82, 2.24) is 16.0 Å². The fourth-order valence-electron chi connectivity index (χ4n) is 14.6. The zero-order chi connectivity index (χ0) is 78.2. The van der Waals surface area contributed by atoms with Crippen molar-refractivity contribution in [3.8, 4) is 33.4 Å². The fraction of sp³-hybridized carbons (Fsp3) is 0.330. The Kier molecular flexibility index (Phi) is 32.5. The maximum absolute atomic E-state index is 13.1. The lowest BCUT2D eigenvalue weighted by molar-refractivity contribution is -0.143. The van der Waals surface area contributed by atoms with E-state index < -0.39 is 59.1 Å². The SMILES string of the molecule is CCCCCCCCCCCCCCCC(=O)OCCSC[C@H](NC(=O)OCC1c2ccccc2-c2ccccc21)C(=O)O.O=C(N[C@@H](CS)C(=O)O)OCC1c2ccccc2-c2ccccc21.O=C(N[C@@H](CSC(c1ccccc1)(c1ccccc1)c1ccccc1)C(=O)O)OCC1c2ccccc2-c2ccccc21. The van der Waals surface area contributed by atoms with E-state index in [9.17, 15) is 43.8 Å². The number of thioether (sulfide) groups is 2. The normalized spacial score (nSPS) is 13.1. The summed E-state index contributed by atoms with van der Waals surface area (Å²) in [5.74, 6) is -3.15. The van der Waals surface area contributed by atoms with Gasteiger partial charge in [-0.05, 0) is 89.9 Å². The molecule has 0 heterocycles. The van der Waals surface area contributed by atoms with Crippen LogP contribution in [0.1, 0.15) is 165 Å². The van der Waals surface area contributed by atoms with Gasteiger partial charge in [-0.2, -0.15) is 24.4 Å². The number of benzene rings is 9. The summed E-state index contributed by atoms with van der Waals surface area (Å²) < 4.78 is 21.0. The molecule has 9 aromatic carbocycles. The number of carboxylic acids is 3. The maximum atomic E-state index is 13.1. The summed E-state index contributed by atoms with van der Waals surface area (Å²) >= 11 is 6.71. The Morgan fingerprint density at radius 1 is 0.369 bits per heavy atom. The predicted molar refractivity (Wildman–Crippen MR) is 443 cm³/mol. The summed E-state index contributed by atoms with van der Waals surface area (Å²) in [6, 6.07) is 75.1. The first-order valence-electron chi connectivity index (χ1n) is 38.4. The summed E-state index contributed by atoms with van der Waals surface area (Å²) in [7, 11) is 0. The van der Waals surface area contributed by atoms with E-state index in [2.05, 4.69) is 108 Å². The molecular formula is C91H99N3O14S3. The number of hydrogen-bond acceptors (Lipinski definition) is 14. The number of carbonyl (C=O) groups is 7. The van der Waals surface area contributed by atoms with E-state index in [-0.39, 0.29) is 67.4 Å². The number of carboxylic acid groups (broad SMARTS) is 3. The Morgan fingerprint density at radius 3 is 0.955 bits per heavy atom. The largest absolute Gasteiger partial charge is 0.480 e. The molecule has 0 saturated heterocycles. The van der Waals surface area contributed by atoms with Gasteiger partial charge < -0.3 is 50.2 Å². The molecule has 20 heteroatoms. The predicted octanol–water partition coefficient (Wildman–Crippen LogP) is 19.3. The number of carbonyl (C=O) groups excluding carboxylic acids is 4. The average molecular weight is 1560 g/mol. The van der Waals surface area contributed by atoms with E-state index in [0.29, 0.717) is 12.2 Å². The number of rotatable bonds is 38. The second-order valence-electron chi connectivity index (χ2n) is 27.6. The van der Waals surface area contributed by atoms with Crippen molar-refractivity contribution in [3.63, 3.8) is 0 Å². The Bertz CT molecular complexity index is 4280. The van der Waals surface area contributed by atoms with Crippen LogP contribution in [0.5, 0.6) is 0 Å². The van der Waals surface area contributed by atoms with E-state index in [4.69, 9.17) is 24.1 Å². The van der Waals surface area contributed by atoms with Crippen LogP contribution in [0.2, 0.25) is 0 Å². The number of esters is 1. The molecule has 0 aromatic heterocycles. The van der Waals surface area contributed by atoms with Gasteiger partial charge in [0.05, 0.1) is 4.75 Å². The van der Waals surface area contributed by atoms with Crippen LogP contribution in [-0.4, -0.2) is 125 Å². The molecule has 17 nitrogen and oxygen atoms in total. The van der Waals surface area contributed by atoms with E-state index in [1.165, 1.54) is 87.7 Å². The molecule has 111 heavy (non-hydrogen) atoms. The van der Waals surface area contributed by atoms with Crippen LogP contribution in [0, 0.1) is 0 Å². The van der Waals surface area contributed by atoms with Gasteiger partial charge in [-0.25, -0.2) is 28.8 Å². The van der Waals surface area contributed by atoms with Crippen molar-refractivity contribution < 1.29 is 67.8 Å². The molecule has 580 valence electrons. The molecule has 0 spiro atoms. The van der Waals surface area contributed by atoms with Gasteiger partial charge in [0.15, 0.2) is 0 Å². The van der Waals surface area contributed by atoms with Crippen molar-refractivity contribution in [2.45, 2.75) is 137 Å². The average Bonchev–Trinajstić information content (AvgIpc) is 1.42. The van der Waals surface area contributed by atoms with Crippen LogP contribution >= 0.6 is 36.2 Å². The molecule has 0 radical (unpaired) electrons. The van der Waals surface area contributed by atoms with Crippen LogP contribution < -0.4 is 16.0 Å². The first-order chi connectivity index (χ1) is 54.2. The van der Waals surface area contributed by atoms with Crippen molar-refractivity contribution in [2.75, 3.05) is 49.4 Å². The lowest BCUT2D eigenvalue weighted by atomic mass is 9.84. The number of thiol groups is 1. The monoisotopic (exact) mass is 1550 g/mol. The van der Waals surface area contributed by atoms with Crippen LogP contribution in [0.25, 0.3) is 33.4 Å². The summed E-state index contributed by atoms with van der Waals surface area (Å²) in [5, 5.41) is 36.1. The second kappa shape index (κ2) is 43.4. The molecule has 0 aliphatic heterocycles. The molecule has 3 atom stereocenters. The maximum Gasteiger partial charge on any atom is 0.407 e. The highest BCUT2D eigenvalue weighted by molar-refractivity contribution is 8.00. The minimum atomic E-state index is -1.17. The second-order valence-corrected chi connectivity index (χ2v) is 30.4. The minimum absolute atomic E-state index is 0.000468. The molecule has 3 aliphatic rings. The van der Waals surface area contributed by atoms with Gasteiger partial charge in [0.25, 0.3) is 0 Å². The number of fused-ring (bicyclic) bond motifs is 9. The number of hydrogen-bond donors (Lipinski definition) is 7. The highest BCUT2D eigenvalue weighted by atomic mass is 32.2. The van der Waals surface area contributed by atoms with Crippen LogP contribution in [0.4, 0.5) is 14.4 Å². The van der Waals surface area contributed by atoms with Crippen molar-refractivity contribution in [2.24, 2.45) is 0 Å². The van der Waals surface area contributed by atoms with E-state index in [0.717, 1.165) is 103 Å². The van der Waals surface area contributed by atoms with Gasteiger partial charge in [0.1, 0.15) is 44.6 Å². The highest BCUT2D eigenvalue weighted by Crippen LogP contribution is 2.50. The summed E-state index contributed by atoms with van der Waals surface area (Å²) in [6.07, 6.45) is 14.5. The Hall–Kier alpha value is -10.3. The molecule has 0 fully saturated rings. The van der Waals surface area contributed by atoms with Gasteiger partial charge >= 0.3 is 42.2 Å². The highest BCUT2D eigenvalue weighted by Gasteiger charge is 2.40. The number of amides is 3.